The van der Waals surface area contributed by atoms with E-state index in [1.165, 1.54) is 18.2 Å². The molecule has 132 valence electrons. The van der Waals surface area contributed by atoms with Crippen LogP contribution < -0.4 is 10.1 Å². The van der Waals surface area contributed by atoms with Crippen molar-refractivity contribution in [1.82, 2.24) is 15.1 Å². The number of carbonyl (C=O) groups excluding carboxylic acids is 2. The highest BCUT2D eigenvalue weighted by Crippen LogP contribution is 2.21. The maximum Gasteiger partial charge on any atom is 0.260 e. The standard InChI is InChI=1S/C16H21ClFN3O3/c1-2-19-15(22)10-20-5-7-21(8-6-20)16(23)11-24-12-3-4-14(18)13(17)9-12/h3-4,9H,2,5-8,10-11H2,1H3,(H,19,22). The Balaban J connectivity index is 1.74. The number of benzene rings is 1. The van der Waals surface area contributed by atoms with E-state index in [0.29, 0.717) is 45.0 Å². The third kappa shape index (κ3) is 5.35. The molecule has 0 spiro atoms. The molecule has 1 aliphatic rings. The molecule has 2 amide bonds. The first kappa shape index (κ1) is 18.5. The normalized spacial score (nSPS) is 15.2. The van der Waals surface area contributed by atoms with Gasteiger partial charge >= 0.3 is 0 Å². The lowest BCUT2D eigenvalue weighted by atomic mass is 10.3. The minimum absolute atomic E-state index is 0.00574. The molecule has 1 saturated heterocycles. The van der Waals surface area contributed by atoms with Crippen LogP contribution in [-0.2, 0) is 9.59 Å². The summed E-state index contributed by atoms with van der Waals surface area (Å²) in [6.45, 7) is 5.09. The summed E-state index contributed by atoms with van der Waals surface area (Å²) < 4.78 is 18.4. The SMILES string of the molecule is CCNC(=O)CN1CCN(C(=O)COc2ccc(F)c(Cl)c2)CC1. The largest absolute Gasteiger partial charge is 0.484 e. The predicted molar refractivity (Wildman–Crippen MR) is 88.6 cm³/mol. The topological polar surface area (TPSA) is 61.9 Å². The van der Waals surface area contributed by atoms with Crippen LogP contribution in [0.15, 0.2) is 18.2 Å². The summed E-state index contributed by atoms with van der Waals surface area (Å²) in [6, 6.07) is 3.97. The summed E-state index contributed by atoms with van der Waals surface area (Å²) in [6.07, 6.45) is 0. The summed E-state index contributed by atoms with van der Waals surface area (Å²) in [7, 11) is 0. The molecule has 0 saturated carbocycles. The molecule has 0 unspecified atom stereocenters. The third-order valence-corrected chi connectivity index (χ3v) is 4.01. The van der Waals surface area contributed by atoms with Gasteiger partial charge in [0.15, 0.2) is 6.61 Å². The number of amides is 2. The van der Waals surface area contributed by atoms with Crippen molar-refractivity contribution in [2.24, 2.45) is 0 Å². The van der Waals surface area contributed by atoms with Crippen LogP contribution in [0, 0.1) is 5.82 Å². The molecular weight excluding hydrogens is 337 g/mol. The Hall–Kier alpha value is -1.86. The molecule has 0 radical (unpaired) electrons. The molecule has 0 bridgehead atoms. The van der Waals surface area contributed by atoms with E-state index in [2.05, 4.69) is 5.32 Å². The fourth-order valence-electron chi connectivity index (χ4n) is 2.41. The van der Waals surface area contributed by atoms with E-state index in [9.17, 15) is 14.0 Å². The van der Waals surface area contributed by atoms with Crippen molar-refractivity contribution in [2.45, 2.75) is 6.92 Å². The second kappa shape index (κ2) is 8.84. The number of nitrogens with one attached hydrogen (secondary N) is 1. The first-order valence-electron chi connectivity index (χ1n) is 7.84. The number of rotatable bonds is 6. The van der Waals surface area contributed by atoms with Gasteiger partial charge in [-0.05, 0) is 19.1 Å². The van der Waals surface area contributed by atoms with E-state index in [0.717, 1.165) is 0 Å². The van der Waals surface area contributed by atoms with Crippen LogP contribution in [0.2, 0.25) is 5.02 Å². The van der Waals surface area contributed by atoms with Gasteiger partial charge in [-0.2, -0.15) is 0 Å². The van der Waals surface area contributed by atoms with Gasteiger partial charge in [0.05, 0.1) is 11.6 Å². The quantitative estimate of drug-likeness (QED) is 0.829. The molecule has 0 aromatic heterocycles. The lowest BCUT2D eigenvalue weighted by molar-refractivity contribution is -0.135. The Kier molecular flexibility index (Phi) is 6.81. The average Bonchev–Trinajstić information content (AvgIpc) is 2.56. The van der Waals surface area contributed by atoms with Crippen LogP contribution in [0.3, 0.4) is 0 Å². The smallest absolute Gasteiger partial charge is 0.260 e. The zero-order chi connectivity index (χ0) is 17.5. The minimum Gasteiger partial charge on any atom is -0.484 e. The first-order valence-corrected chi connectivity index (χ1v) is 8.22. The van der Waals surface area contributed by atoms with Crippen molar-refractivity contribution >= 4 is 23.4 Å². The van der Waals surface area contributed by atoms with Gasteiger partial charge in [-0.15, -0.1) is 0 Å². The second-order valence-electron chi connectivity index (χ2n) is 5.48. The van der Waals surface area contributed by atoms with Crippen molar-refractivity contribution in [3.8, 4) is 5.75 Å². The zero-order valence-corrected chi connectivity index (χ0v) is 14.3. The van der Waals surface area contributed by atoms with Crippen molar-refractivity contribution < 1.29 is 18.7 Å². The number of halogens is 2. The Bertz CT molecular complexity index is 592. The van der Waals surface area contributed by atoms with Crippen molar-refractivity contribution in [1.29, 1.82) is 0 Å². The Morgan fingerprint density at radius 2 is 2.00 bits per heavy atom. The van der Waals surface area contributed by atoms with Gasteiger partial charge in [-0.3, -0.25) is 14.5 Å². The molecule has 6 nitrogen and oxygen atoms in total. The molecule has 1 aromatic rings. The van der Waals surface area contributed by atoms with E-state index in [4.69, 9.17) is 16.3 Å². The summed E-state index contributed by atoms with van der Waals surface area (Å²) in [4.78, 5) is 27.4. The summed E-state index contributed by atoms with van der Waals surface area (Å²) >= 11 is 5.67. The molecule has 0 atom stereocenters. The van der Waals surface area contributed by atoms with E-state index in [1.54, 1.807) is 4.90 Å². The molecule has 8 heteroatoms. The van der Waals surface area contributed by atoms with Gasteiger partial charge in [0.1, 0.15) is 11.6 Å². The fraction of sp³-hybridized carbons (Fsp3) is 0.500. The number of ether oxygens (including phenoxy) is 1. The molecule has 1 fully saturated rings. The van der Waals surface area contributed by atoms with Gasteiger partial charge < -0.3 is 15.0 Å². The number of nitrogens with zero attached hydrogens (tertiary/aromatic N) is 2. The lowest BCUT2D eigenvalue weighted by Crippen LogP contribution is -2.52. The van der Waals surface area contributed by atoms with Crippen LogP contribution in [0.4, 0.5) is 4.39 Å². The lowest BCUT2D eigenvalue weighted by Gasteiger charge is -2.34. The van der Waals surface area contributed by atoms with Gasteiger partial charge in [0.2, 0.25) is 5.91 Å². The number of hydrogen-bond donors (Lipinski definition) is 1. The van der Waals surface area contributed by atoms with Crippen LogP contribution in [0.1, 0.15) is 6.92 Å². The summed E-state index contributed by atoms with van der Waals surface area (Å²) in [5.41, 5.74) is 0. The van der Waals surface area contributed by atoms with E-state index >= 15 is 0 Å². The Morgan fingerprint density at radius 1 is 1.29 bits per heavy atom. The predicted octanol–water partition coefficient (Wildman–Crippen LogP) is 1.14. The molecule has 2 rings (SSSR count). The molecule has 24 heavy (non-hydrogen) atoms. The number of piperazine rings is 1. The van der Waals surface area contributed by atoms with Crippen LogP contribution in [0.25, 0.3) is 0 Å². The maximum absolute atomic E-state index is 13.1. The molecule has 0 aliphatic carbocycles. The molecule has 1 aromatic carbocycles. The van der Waals surface area contributed by atoms with Gasteiger partial charge in [0, 0.05) is 38.8 Å². The number of carbonyl (C=O) groups is 2. The van der Waals surface area contributed by atoms with E-state index in [1.807, 2.05) is 11.8 Å². The average molecular weight is 358 g/mol. The molecule has 1 aliphatic heterocycles. The monoisotopic (exact) mass is 357 g/mol. The Labute approximate surface area is 145 Å². The van der Waals surface area contributed by atoms with Crippen molar-refractivity contribution in [3.63, 3.8) is 0 Å². The first-order chi connectivity index (χ1) is 11.5. The van der Waals surface area contributed by atoms with E-state index in [-0.39, 0.29) is 23.4 Å². The van der Waals surface area contributed by atoms with E-state index < -0.39 is 5.82 Å². The summed E-state index contributed by atoms with van der Waals surface area (Å²) in [5.74, 6) is -0.329. The highest BCUT2D eigenvalue weighted by atomic mass is 35.5. The number of likely N-dealkylation sites (N-methyl/N-ethyl adjacent to an activating group) is 1. The fourth-order valence-corrected chi connectivity index (χ4v) is 2.59. The molecular formula is C16H21ClFN3O3. The van der Waals surface area contributed by atoms with Gasteiger partial charge in [-0.1, -0.05) is 11.6 Å². The third-order valence-electron chi connectivity index (χ3n) is 3.72. The Morgan fingerprint density at radius 3 is 2.62 bits per heavy atom. The van der Waals surface area contributed by atoms with Crippen molar-refractivity contribution in [2.75, 3.05) is 45.9 Å². The van der Waals surface area contributed by atoms with Crippen molar-refractivity contribution in [3.05, 3.63) is 29.0 Å². The molecule has 1 heterocycles. The maximum atomic E-state index is 13.1. The van der Waals surface area contributed by atoms with Crippen LogP contribution in [0.5, 0.6) is 5.75 Å². The zero-order valence-electron chi connectivity index (χ0n) is 13.6. The highest BCUT2D eigenvalue weighted by Gasteiger charge is 2.22. The minimum atomic E-state index is -0.529. The summed E-state index contributed by atoms with van der Waals surface area (Å²) in [5, 5.41) is 2.71. The highest BCUT2D eigenvalue weighted by molar-refractivity contribution is 6.30. The number of hydrogen-bond acceptors (Lipinski definition) is 4. The molecule has 1 N–H and O–H groups in total. The second-order valence-corrected chi connectivity index (χ2v) is 5.88. The van der Waals surface area contributed by atoms with Gasteiger partial charge in [0.25, 0.3) is 5.91 Å². The van der Waals surface area contributed by atoms with Gasteiger partial charge in [-0.25, -0.2) is 4.39 Å². The van der Waals surface area contributed by atoms with Crippen LogP contribution >= 0.6 is 11.6 Å². The van der Waals surface area contributed by atoms with Crippen LogP contribution in [-0.4, -0.2) is 67.5 Å².